The third kappa shape index (κ3) is 3.90. The van der Waals surface area contributed by atoms with E-state index in [1.807, 2.05) is 25.1 Å². The maximum atomic E-state index is 5.80. The van der Waals surface area contributed by atoms with Gasteiger partial charge in [0.25, 0.3) is 0 Å². The third-order valence-corrected chi connectivity index (χ3v) is 5.47. The number of hydrogen-bond donors (Lipinski definition) is 1. The highest BCUT2D eigenvalue weighted by molar-refractivity contribution is 7.80. The lowest BCUT2D eigenvalue weighted by atomic mass is 10.00. The molecule has 4 rings (SSSR count). The molecule has 2 aromatic carbocycles. The number of ether oxygens (including phenoxy) is 1. The number of fused-ring (bicyclic) bond motifs is 1. The number of aromatic nitrogens is 1. The van der Waals surface area contributed by atoms with Gasteiger partial charge in [-0.1, -0.05) is 42.5 Å². The fourth-order valence-corrected chi connectivity index (χ4v) is 4.01. The first-order chi connectivity index (χ1) is 13.8. The zero-order valence-corrected chi connectivity index (χ0v) is 16.9. The van der Waals surface area contributed by atoms with Crippen molar-refractivity contribution >= 4 is 17.3 Å². The van der Waals surface area contributed by atoms with Gasteiger partial charge in [-0.15, -0.1) is 0 Å². The fourth-order valence-electron chi connectivity index (χ4n) is 3.74. The van der Waals surface area contributed by atoms with E-state index in [9.17, 15) is 0 Å². The summed E-state index contributed by atoms with van der Waals surface area (Å²) in [7, 11) is 0. The van der Waals surface area contributed by atoms with Crippen molar-refractivity contribution in [3.8, 4) is 5.75 Å². The summed E-state index contributed by atoms with van der Waals surface area (Å²) in [4.78, 5) is 2.29. The molecule has 1 unspecified atom stereocenters. The van der Waals surface area contributed by atoms with Crippen molar-refractivity contribution in [2.24, 2.45) is 0 Å². The van der Waals surface area contributed by atoms with E-state index in [1.165, 1.54) is 16.8 Å². The van der Waals surface area contributed by atoms with Crippen LogP contribution in [-0.2, 0) is 13.1 Å². The van der Waals surface area contributed by atoms with Crippen LogP contribution in [0.2, 0.25) is 0 Å². The van der Waals surface area contributed by atoms with Crippen molar-refractivity contribution < 1.29 is 4.74 Å². The minimum atomic E-state index is 0.0928. The van der Waals surface area contributed by atoms with Gasteiger partial charge in [-0.2, -0.15) is 0 Å². The topological polar surface area (TPSA) is 29.4 Å². The summed E-state index contributed by atoms with van der Waals surface area (Å²) >= 11 is 5.80. The molecular formula is C23H25N3OS. The third-order valence-electron chi connectivity index (χ3n) is 5.09. The SMILES string of the molecule is CCOc1ccc(C2c3cccn3CCN2C(=S)NCc2ccccc2)cc1. The Morgan fingerprint density at radius 2 is 1.82 bits per heavy atom. The molecule has 0 saturated carbocycles. The maximum absolute atomic E-state index is 5.80. The highest BCUT2D eigenvalue weighted by Crippen LogP contribution is 2.33. The standard InChI is InChI=1S/C23H25N3OS/c1-2-27-20-12-10-19(11-13-20)22-21-9-6-14-25(21)15-16-26(22)23(28)24-17-18-7-4-3-5-8-18/h3-14,22H,2,15-17H2,1H3,(H,24,28). The van der Waals surface area contributed by atoms with Crippen LogP contribution in [0.5, 0.6) is 5.75 Å². The number of hydrogen-bond acceptors (Lipinski definition) is 2. The lowest BCUT2D eigenvalue weighted by Crippen LogP contribution is -2.46. The van der Waals surface area contributed by atoms with Gasteiger partial charge < -0.3 is 19.5 Å². The average Bonchev–Trinajstić information content (AvgIpc) is 3.22. The van der Waals surface area contributed by atoms with Crippen molar-refractivity contribution in [2.45, 2.75) is 26.1 Å². The molecule has 0 aliphatic carbocycles. The van der Waals surface area contributed by atoms with Crippen molar-refractivity contribution in [2.75, 3.05) is 13.2 Å². The highest BCUT2D eigenvalue weighted by atomic mass is 32.1. The van der Waals surface area contributed by atoms with Gasteiger partial charge >= 0.3 is 0 Å². The summed E-state index contributed by atoms with van der Waals surface area (Å²) < 4.78 is 7.92. The van der Waals surface area contributed by atoms with Gasteiger partial charge in [0, 0.05) is 31.5 Å². The molecule has 1 atom stereocenters. The zero-order valence-electron chi connectivity index (χ0n) is 16.0. The zero-order chi connectivity index (χ0) is 19.3. The molecule has 0 saturated heterocycles. The molecule has 0 amide bonds. The van der Waals surface area contributed by atoms with Gasteiger partial charge in [0.05, 0.1) is 12.6 Å². The molecule has 2 heterocycles. The molecule has 1 aliphatic rings. The van der Waals surface area contributed by atoms with E-state index >= 15 is 0 Å². The molecule has 0 radical (unpaired) electrons. The first-order valence-corrected chi connectivity index (χ1v) is 10.1. The quantitative estimate of drug-likeness (QED) is 0.654. The second kappa shape index (κ2) is 8.48. The van der Waals surface area contributed by atoms with Crippen LogP contribution in [0.15, 0.2) is 72.9 Å². The second-order valence-corrected chi connectivity index (χ2v) is 7.26. The van der Waals surface area contributed by atoms with Crippen molar-refractivity contribution in [3.05, 3.63) is 89.7 Å². The van der Waals surface area contributed by atoms with Crippen LogP contribution in [0.1, 0.15) is 29.8 Å². The molecule has 5 heteroatoms. The number of rotatable bonds is 5. The monoisotopic (exact) mass is 391 g/mol. The summed E-state index contributed by atoms with van der Waals surface area (Å²) in [5, 5.41) is 4.23. The Morgan fingerprint density at radius 1 is 1.04 bits per heavy atom. The van der Waals surface area contributed by atoms with Crippen LogP contribution in [0, 0.1) is 0 Å². The second-order valence-electron chi connectivity index (χ2n) is 6.87. The van der Waals surface area contributed by atoms with Crippen LogP contribution in [0.25, 0.3) is 0 Å². The van der Waals surface area contributed by atoms with E-state index in [2.05, 4.69) is 69.5 Å². The lowest BCUT2D eigenvalue weighted by molar-refractivity contribution is 0.285. The van der Waals surface area contributed by atoms with Gasteiger partial charge in [0.1, 0.15) is 5.75 Å². The van der Waals surface area contributed by atoms with Crippen molar-refractivity contribution in [1.29, 1.82) is 0 Å². The smallest absolute Gasteiger partial charge is 0.170 e. The Kier molecular flexibility index (Phi) is 5.63. The van der Waals surface area contributed by atoms with E-state index in [0.717, 1.165) is 30.5 Å². The fraction of sp³-hybridized carbons (Fsp3) is 0.261. The number of nitrogens with zero attached hydrogens (tertiary/aromatic N) is 2. The number of thiocarbonyl (C=S) groups is 1. The van der Waals surface area contributed by atoms with Crippen molar-refractivity contribution in [3.63, 3.8) is 0 Å². The molecule has 1 aromatic heterocycles. The van der Waals surface area contributed by atoms with E-state index in [4.69, 9.17) is 17.0 Å². The molecule has 0 fully saturated rings. The minimum absolute atomic E-state index is 0.0928. The summed E-state index contributed by atoms with van der Waals surface area (Å²) in [6.45, 7) is 5.21. The molecule has 0 bridgehead atoms. The van der Waals surface area contributed by atoms with Crippen LogP contribution < -0.4 is 10.1 Å². The Morgan fingerprint density at radius 3 is 2.57 bits per heavy atom. The lowest BCUT2D eigenvalue weighted by Gasteiger charge is -2.39. The first kappa shape index (κ1) is 18.6. The molecule has 28 heavy (non-hydrogen) atoms. The Labute approximate surface area is 171 Å². The van der Waals surface area contributed by atoms with E-state index < -0.39 is 0 Å². The molecule has 1 N–H and O–H groups in total. The summed E-state index contributed by atoms with van der Waals surface area (Å²) in [5.41, 5.74) is 3.70. The highest BCUT2D eigenvalue weighted by Gasteiger charge is 2.30. The van der Waals surface area contributed by atoms with E-state index in [1.54, 1.807) is 0 Å². The predicted molar refractivity (Wildman–Crippen MR) is 116 cm³/mol. The predicted octanol–water partition coefficient (Wildman–Crippen LogP) is 4.37. The van der Waals surface area contributed by atoms with Gasteiger partial charge in [0.15, 0.2) is 5.11 Å². The molecular weight excluding hydrogens is 366 g/mol. The van der Waals surface area contributed by atoms with Crippen LogP contribution in [0.3, 0.4) is 0 Å². The minimum Gasteiger partial charge on any atom is -0.494 e. The Balaban J connectivity index is 1.57. The van der Waals surface area contributed by atoms with Gasteiger partial charge in [-0.25, -0.2) is 0 Å². The number of nitrogens with one attached hydrogen (secondary N) is 1. The van der Waals surface area contributed by atoms with Gasteiger partial charge in [-0.05, 0) is 54.5 Å². The van der Waals surface area contributed by atoms with E-state index in [-0.39, 0.29) is 6.04 Å². The van der Waals surface area contributed by atoms with Gasteiger partial charge in [0.2, 0.25) is 0 Å². The number of benzene rings is 2. The summed E-state index contributed by atoms with van der Waals surface area (Å²) in [6, 6.07) is 23.1. The molecule has 4 nitrogen and oxygen atoms in total. The summed E-state index contributed by atoms with van der Waals surface area (Å²) in [6.07, 6.45) is 2.15. The van der Waals surface area contributed by atoms with Crippen LogP contribution in [-0.4, -0.2) is 27.7 Å². The molecule has 144 valence electrons. The van der Waals surface area contributed by atoms with Gasteiger partial charge in [-0.3, -0.25) is 0 Å². The molecule has 3 aromatic rings. The molecule has 0 spiro atoms. The van der Waals surface area contributed by atoms with Crippen LogP contribution >= 0.6 is 12.2 Å². The normalized spacial score (nSPS) is 15.8. The van der Waals surface area contributed by atoms with Crippen LogP contribution in [0.4, 0.5) is 0 Å². The summed E-state index contributed by atoms with van der Waals surface area (Å²) in [5.74, 6) is 0.897. The first-order valence-electron chi connectivity index (χ1n) is 9.72. The Hall–Kier alpha value is -2.79. The van der Waals surface area contributed by atoms with E-state index in [0.29, 0.717) is 6.61 Å². The maximum Gasteiger partial charge on any atom is 0.170 e. The average molecular weight is 392 g/mol. The Bertz CT molecular complexity index is 921. The van der Waals surface area contributed by atoms with Crippen molar-refractivity contribution in [1.82, 2.24) is 14.8 Å². The largest absolute Gasteiger partial charge is 0.494 e. The molecule has 1 aliphatic heterocycles.